The van der Waals surface area contributed by atoms with E-state index >= 15 is 0 Å². The first-order valence-corrected chi connectivity index (χ1v) is 2.72. The molecule has 0 fully saturated rings. The number of nitrogens with zero attached hydrogens (tertiary/aromatic N) is 1. The molecule has 0 aromatic heterocycles. The summed E-state index contributed by atoms with van der Waals surface area (Å²) in [6, 6.07) is 0. The van der Waals surface area contributed by atoms with Gasteiger partial charge >= 0.3 is 0 Å². The maximum atomic E-state index is 3.86. The summed E-state index contributed by atoms with van der Waals surface area (Å²) in [4.78, 5) is 3.86. The Bertz CT molecular complexity index is 141. The van der Waals surface area contributed by atoms with E-state index in [1.165, 1.54) is 0 Å². The molecule has 1 aliphatic heterocycles. The standard InChI is InChI=1S/C6H10N2/c1-6(2)3-4-7-5-8-6/h3,8H,5H2,1-2H3. The number of rotatable bonds is 0. The van der Waals surface area contributed by atoms with Crippen LogP contribution in [0.3, 0.4) is 0 Å². The van der Waals surface area contributed by atoms with Crippen molar-refractivity contribution in [1.82, 2.24) is 5.32 Å². The van der Waals surface area contributed by atoms with Crippen molar-refractivity contribution in [3.8, 4) is 0 Å². The second-order valence-electron chi connectivity index (χ2n) is 2.49. The zero-order chi connectivity index (χ0) is 6.04. The highest BCUT2D eigenvalue weighted by atomic mass is 15.1. The van der Waals surface area contributed by atoms with Gasteiger partial charge in [-0.1, -0.05) is 0 Å². The lowest BCUT2D eigenvalue weighted by molar-refractivity contribution is 0.481. The Morgan fingerprint density at radius 1 is 1.75 bits per heavy atom. The summed E-state index contributed by atoms with van der Waals surface area (Å²) in [5, 5.41) is 3.17. The van der Waals surface area contributed by atoms with E-state index < -0.39 is 0 Å². The Kier molecular flexibility index (Phi) is 1.20. The molecule has 0 radical (unpaired) electrons. The van der Waals surface area contributed by atoms with Crippen LogP contribution in [0.5, 0.6) is 0 Å². The molecular weight excluding hydrogens is 100 g/mol. The topological polar surface area (TPSA) is 24.4 Å². The van der Waals surface area contributed by atoms with Crippen molar-refractivity contribution in [1.29, 1.82) is 0 Å². The fraction of sp³-hybridized carbons (Fsp3) is 0.667. The van der Waals surface area contributed by atoms with Crippen molar-refractivity contribution in [3.05, 3.63) is 6.08 Å². The van der Waals surface area contributed by atoms with E-state index in [1.807, 2.05) is 6.08 Å². The molecule has 1 N–H and O–H groups in total. The van der Waals surface area contributed by atoms with Crippen LogP contribution < -0.4 is 5.32 Å². The highest BCUT2D eigenvalue weighted by molar-refractivity contribution is 5.55. The maximum Gasteiger partial charge on any atom is 0.0986 e. The molecule has 1 heterocycles. The highest BCUT2D eigenvalue weighted by Gasteiger charge is 2.12. The van der Waals surface area contributed by atoms with E-state index in [0.717, 1.165) is 0 Å². The van der Waals surface area contributed by atoms with Crippen LogP contribution in [-0.2, 0) is 0 Å². The maximum absolute atomic E-state index is 3.86. The highest BCUT2D eigenvalue weighted by Crippen LogP contribution is 2.02. The Morgan fingerprint density at radius 3 is 2.75 bits per heavy atom. The first-order valence-electron chi connectivity index (χ1n) is 2.72. The Balaban J connectivity index is 2.74. The summed E-state index contributed by atoms with van der Waals surface area (Å²) < 4.78 is 0. The largest absolute Gasteiger partial charge is 0.288 e. The third kappa shape index (κ3) is 1.19. The Morgan fingerprint density at radius 2 is 2.50 bits per heavy atom. The summed E-state index contributed by atoms with van der Waals surface area (Å²) in [6.45, 7) is 4.88. The number of aliphatic imine (C=N–C) groups is 1. The first-order chi connectivity index (χ1) is 3.71. The molecule has 0 aromatic carbocycles. The molecular formula is C6H10N2. The molecule has 0 bridgehead atoms. The summed E-state index contributed by atoms with van der Waals surface area (Å²) in [6.07, 6.45) is 1.93. The molecule has 0 saturated carbocycles. The molecule has 0 aliphatic carbocycles. The average Bonchev–Trinajstić information content (AvgIpc) is 1.65. The van der Waals surface area contributed by atoms with Gasteiger partial charge in [0, 0.05) is 5.54 Å². The van der Waals surface area contributed by atoms with E-state index in [-0.39, 0.29) is 5.54 Å². The van der Waals surface area contributed by atoms with Crippen molar-refractivity contribution in [2.75, 3.05) is 6.67 Å². The normalized spacial score (nSPS) is 23.8. The third-order valence-electron chi connectivity index (χ3n) is 1.13. The summed E-state index contributed by atoms with van der Waals surface area (Å²) in [5.74, 6) is 2.81. The molecule has 2 nitrogen and oxygen atoms in total. The van der Waals surface area contributed by atoms with Gasteiger partial charge in [0.05, 0.1) is 6.67 Å². The van der Waals surface area contributed by atoms with E-state index in [9.17, 15) is 0 Å². The molecule has 0 spiro atoms. The fourth-order valence-electron chi connectivity index (χ4n) is 0.547. The van der Waals surface area contributed by atoms with Crippen molar-refractivity contribution in [2.45, 2.75) is 19.4 Å². The Labute approximate surface area is 49.3 Å². The van der Waals surface area contributed by atoms with Gasteiger partial charge in [-0.25, -0.2) is 4.99 Å². The first kappa shape index (κ1) is 5.54. The number of nitrogens with one attached hydrogen (secondary N) is 1. The van der Waals surface area contributed by atoms with Gasteiger partial charge in [-0.3, -0.25) is 5.32 Å². The predicted octanol–water partition coefficient (Wildman–Crippen LogP) is 0.552. The van der Waals surface area contributed by atoms with Gasteiger partial charge in [0.2, 0.25) is 0 Å². The van der Waals surface area contributed by atoms with Crippen LogP contribution in [-0.4, -0.2) is 18.1 Å². The monoisotopic (exact) mass is 110 g/mol. The van der Waals surface area contributed by atoms with Gasteiger partial charge in [0.1, 0.15) is 0 Å². The van der Waals surface area contributed by atoms with Crippen LogP contribution in [0.1, 0.15) is 13.8 Å². The minimum atomic E-state index is 0.0990. The van der Waals surface area contributed by atoms with Crippen molar-refractivity contribution in [2.24, 2.45) is 4.99 Å². The van der Waals surface area contributed by atoms with Crippen molar-refractivity contribution < 1.29 is 0 Å². The Hall–Kier alpha value is -0.590. The number of hydrogen-bond donors (Lipinski definition) is 1. The molecule has 44 valence electrons. The van der Waals surface area contributed by atoms with Gasteiger partial charge in [-0.2, -0.15) is 0 Å². The van der Waals surface area contributed by atoms with Crippen LogP contribution in [0.2, 0.25) is 0 Å². The van der Waals surface area contributed by atoms with E-state index in [1.54, 1.807) is 0 Å². The second-order valence-corrected chi connectivity index (χ2v) is 2.49. The minimum Gasteiger partial charge on any atom is -0.288 e. The SMILES string of the molecule is CC1(C)C=C=NCN1. The molecule has 0 atom stereocenters. The molecule has 0 amide bonds. The van der Waals surface area contributed by atoms with E-state index in [0.29, 0.717) is 6.67 Å². The fourth-order valence-corrected chi connectivity index (χ4v) is 0.547. The molecule has 1 aliphatic rings. The molecule has 8 heavy (non-hydrogen) atoms. The molecule has 2 heteroatoms. The van der Waals surface area contributed by atoms with Crippen molar-refractivity contribution >= 4 is 5.87 Å². The summed E-state index contributed by atoms with van der Waals surface area (Å²) in [7, 11) is 0. The summed E-state index contributed by atoms with van der Waals surface area (Å²) >= 11 is 0. The third-order valence-corrected chi connectivity index (χ3v) is 1.13. The van der Waals surface area contributed by atoms with Crippen LogP contribution in [0.25, 0.3) is 0 Å². The van der Waals surface area contributed by atoms with E-state index in [2.05, 4.69) is 30.0 Å². The minimum absolute atomic E-state index is 0.0990. The molecule has 0 saturated heterocycles. The number of hydrogen-bond acceptors (Lipinski definition) is 2. The lowest BCUT2D eigenvalue weighted by Crippen LogP contribution is -2.39. The lowest BCUT2D eigenvalue weighted by atomic mass is 10.1. The second kappa shape index (κ2) is 1.73. The zero-order valence-corrected chi connectivity index (χ0v) is 5.23. The van der Waals surface area contributed by atoms with Crippen LogP contribution in [0.15, 0.2) is 11.1 Å². The lowest BCUT2D eigenvalue weighted by Gasteiger charge is -2.21. The van der Waals surface area contributed by atoms with E-state index in [4.69, 9.17) is 0 Å². The zero-order valence-electron chi connectivity index (χ0n) is 5.23. The van der Waals surface area contributed by atoms with Crippen LogP contribution >= 0.6 is 0 Å². The predicted molar refractivity (Wildman–Crippen MR) is 34.1 cm³/mol. The van der Waals surface area contributed by atoms with Crippen LogP contribution in [0.4, 0.5) is 0 Å². The quantitative estimate of drug-likeness (QED) is 0.484. The molecule has 0 unspecified atom stereocenters. The smallest absolute Gasteiger partial charge is 0.0986 e. The van der Waals surface area contributed by atoms with Gasteiger partial charge in [-0.15, -0.1) is 0 Å². The van der Waals surface area contributed by atoms with Gasteiger partial charge in [0.25, 0.3) is 0 Å². The average molecular weight is 110 g/mol. The van der Waals surface area contributed by atoms with Gasteiger partial charge < -0.3 is 0 Å². The molecule has 1 rings (SSSR count). The molecule has 0 aromatic rings. The van der Waals surface area contributed by atoms with Gasteiger partial charge in [-0.05, 0) is 25.8 Å². The van der Waals surface area contributed by atoms with Crippen molar-refractivity contribution in [3.63, 3.8) is 0 Å². The van der Waals surface area contributed by atoms with Crippen LogP contribution in [0, 0.1) is 0 Å². The van der Waals surface area contributed by atoms with Gasteiger partial charge in [0.15, 0.2) is 0 Å². The summed E-state index contributed by atoms with van der Waals surface area (Å²) in [5.41, 5.74) is 0.0990.